The molecule has 3 heterocycles. The Morgan fingerprint density at radius 2 is 1.82 bits per heavy atom. The van der Waals surface area contributed by atoms with Crippen LogP contribution in [-0.2, 0) is 0 Å². The predicted molar refractivity (Wildman–Crippen MR) is 109 cm³/mol. The molecule has 0 bridgehead atoms. The van der Waals surface area contributed by atoms with Gasteiger partial charge in [-0.2, -0.15) is 0 Å². The number of rotatable bonds is 5. The Labute approximate surface area is 167 Å². The van der Waals surface area contributed by atoms with Crippen molar-refractivity contribution in [3.05, 3.63) is 58.5 Å². The lowest BCUT2D eigenvalue weighted by Gasteiger charge is -2.34. The highest BCUT2D eigenvalue weighted by Crippen LogP contribution is 2.12. The quantitative estimate of drug-likeness (QED) is 0.714. The number of hydrogen-bond donors (Lipinski definition) is 1. The smallest absolute Gasteiger partial charge is 0.274 e. The summed E-state index contributed by atoms with van der Waals surface area (Å²) >= 11 is 1.44. The molecule has 4 rings (SSSR count). The van der Waals surface area contributed by atoms with E-state index in [9.17, 15) is 9.59 Å². The molecule has 144 valence electrons. The van der Waals surface area contributed by atoms with Gasteiger partial charge in [0, 0.05) is 39.3 Å². The van der Waals surface area contributed by atoms with Crippen LogP contribution < -0.4 is 5.32 Å². The third kappa shape index (κ3) is 4.18. The minimum atomic E-state index is -0.0797. The number of piperazine rings is 1. The molecule has 1 fully saturated rings. The molecule has 2 amide bonds. The third-order valence-electron chi connectivity index (χ3n) is 4.79. The maximum atomic E-state index is 12.7. The van der Waals surface area contributed by atoms with Gasteiger partial charge in [-0.1, -0.05) is 18.2 Å². The summed E-state index contributed by atoms with van der Waals surface area (Å²) in [5.41, 5.74) is 1.90. The molecule has 0 atom stereocenters. The first-order chi connectivity index (χ1) is 13.7. The van der Waals surface area contributed by atoms with Crippen molar-refractivity contribution in [1.29, 1.82) is 0 Å². The highest BCUT2D eigenvalue weighted by atomic mass is 32.1. The molecule has 7 nitrogen and oxygen atoms in total. The Bertz CT molecular complexity index is 968. The van der Waals surface area contributed by atoms with Crippen LogP contribution in [0.2, 0.25) is 0 Å². The molecule has 1 saturated heterocycles. The van der Waals surface area contributed by atoms with Crippen LogP contribution in [0.1, 0.15) is 20.2 Å². The minimum absolute atomic E-state index is 0.0290. The molecule has 28 heavy (non-hydrogen) atoms. The molecule has 1 aliphatic rings. The number of nitrogens with one attached hydrogen (secondary N) is 1. The van der Waals surface area contributed by atoms with E-state index < -0.39 is 0 Å². The molecule has 1 aliphatic heterocycles. The number of fused-ring (bicyclic) bond motifs is 1. The fourth-order valence-electron chi connectivity index (χ4n) is 3.22. The summed E-state index contributed by atoms with van der Waals surface area (Å²) in [4.78, 5) is 38.3. The van der Waals surface area contributed by atoms with Crippen molar-refractivity contribution in [3.63, 3.8) is 0 Å². The number of para-hydroxylation sites is 2. The van der Waals surface area contributed by atoms with E-state index in [0.29, 0.717) is 25.3 Å². The standard InChI is InChI=1S/C20H21N5O2S/c26-19(18-6-3-13-28-18)21-7-8-24-9-11-25(12-10-24)20(27)17-14-22-15-4-1-2-5-16(15)23-17/h1-6,13-14H,7-12H2,(H,21,26). The van der Waals surface area contributed by atoms with Crippen molar-refractivity contribution < 1.29 is 9.59 Å². The van der Waals surface area contributed by atoms with Gasteiger partial charge in [0.2, 0.25) is 0 Å². The van der Waals surface area contributed by atoms with E-state index in [-0.39, 0.29) is 11.8 Å². The number of aromatic nitrogens is 2. The maximum absolute atomic E-state index is 12.7. The first kappa shape index (κ1) is 18.5. The summed E-state index contributed by atoms with van der Waals surface area (Å²) in [6.45, 7) is 4.22. The van der Waals surface area contributed by atoms with Gasteiger partial charge in [-0.05, 0) is 23.6 Å². The number of carbonyl (C=O) groups is 2. The van der Waals surface area contributed by atoms with Crippen molar-refractivity contribution >= 4 is 34.2 Å². The monoisotopic (exact) mass is 395 g/mol. The summed E-state index contributed by atoms with van der Waals surface area (Å²) in [5.74, 6) is -0.109. The highest BCUT2D eigenvalue weighted by Gasteiger charge is 2.23. The summed E-state index contributed by atoms with van der Waals surface area (Å²) in [7, 11) is 0. The minimum Gasteiger partial charge on any atom is -0.350 e. The van der Waals surface area contributed by atoms with Crippen molar-refractivity contribution in [2.45, 2.75) is 0 Å². The second-order valence-electron chi connectivity index (χ2n) is 6.61. The molecule has 3 aromatic rings. The van der Waals surface area contributed by atoms with Gasteiger partial charge in [0.1, 0.15) is 5.69 Å². The van der Waals surface area contributed by atoms with Crippen LogP contribution in [-0.4, -0.2) is 70.9 Å². The molecule has 0 unspecified atom stereocenters. The lowest BCUT2D eigenvalue weighted by Crippen LogP contribution is -2.50. The lowest BCUT2D eigenvalue weighted by atomic mass is 10.2. The lowest BCUT2D eigenvalue weighted by molar-refractivity contribution is 0.0632. The normalized spacial score (nSPS) is 14.9. The Hall–Kier alpha value is -2.84. The van der Waals surface area contributed by atoms with Crippen molar-refractivity contribution in [1.82, 2.24) is 25.1 Å². The van der Waals surface area contributed by atoms with Crippen LogP contribution in [0.4, 0.5) is 0 Å². The second-order valence-corrected chi connectivity index (χ2v) is 7.56. The Morgan fingerprint density at radius 1 is 1.04 bits per heavy atom. The number of thiophene rings is 1. The number of carbonyl (C=O) groups excluding carboxylic acids is 2. The van der Waals surface area contributed by atoms with E-state index >= 15 is 0 Å². The third-order valence-corrected chi connectivity index (χ3v) is 5.65. The largest absolute Gasteiger partial charge is 0.350 e. The van der Waals surface area contributed by atoms with E-state index in [4.69, 9.17) is 0 Å². The first-order valence-electron chi connectivity index (χ1n) is 9.26. The molecule has 0 saturated carbocycles. The fraction of sp³-hybridized carbons (Fsp3) is 0.300. The first-order valence-corrected chi connectivity index (χ1v) is 10.1. The Morgan fingerprint density at radius 3 is 2.57 bits per heavy atom. The fourth-order valence-corrected chi connectivity index (χ4v) is 3.86. The van der Waals surface area contributed by atoms with E-state index in [1.165, 1.54) is 11.3 Å². The van der Waals surface area contributed by atoms with Crippen LogP contribution >= 0.6 is 11.3 Å². The van der Waals surface area contributed by atoms with Crippen molar-refractivity contribution in [2.24, 2.45) is 0 Å². The maximum Gasteiger partial charge on any atom is 0.274 e. The highest BCUT2D eigenvalue weighted by molar-refractivity contribution is 7.12. The second kappa shape index (κ2) is 8.45. The summed E-state index contributed by atoms with van der Waals surface area (Å²) in [5, 5.41) is 4.83. The van der Waals surface area contributed by atoms with Gasteiger partial charge in [-0.25, -0.2) is 4.98 Å². The van der Waals surface area contributed by atoms with Crippen molar-refractivity contribution in [2.75, 3.05) is 39.3 Å². The van der Waals surface area contributed by atoms with Crippen LogP contribution in [0.15, 0.2) is 48.0 Å². The van der Waals surface area contributed by atoms with Gasteiger partial charge < -0.3 is 10.2 Å². The number of nitrogens with zero attached hydrogens (tertiary/aromatic N) is 4. The Balaban J connectivity index is 1.26. The summed E-state index contributed by atoms with van der Waals surface area (Å²) in [6.07, 6.45) is 1.55. The van der Waals surface area contributed by atoms with E-state index in [0.717, 1.165) is 35.5 Å². The predicted octanol–water partition coefficient (Wildman–Crippen LogP) is 1.88. The van der Waals surface area contributed by atoms with Gasteiger partial charge >= 0.3 is 0 Å². The molecule has 0 radical (unpaired) electrons. The molecular formula is C20H21N5O2S. The summed E-state index contributed by atoms with van der Waals surface area (Å²) < 4.78 is 0. The molecular weight excluding hydrogens is 374 g/mol. The number of benzene rings is 1. The van der Waals surface area contributed by atoms with E-state index in [2.05, 4.69) is 20.2 Å². The van der Waals surface area contributed by atoms with Crippen LogP contribution in [0.25, 0.3) is 11.0 Å². The zero-order valence-electron chi connectivity index (χ0n) is 15.4. The van der Waals surface area contributed by atoms with Gasteiger partial charge in [-0.15, -0.1) is 11.3 Å². The molecule has 0 spiro atoms. The zero-order valence-corrected chi connectivity index (χ0v) is 16.2. The van der Waals surface area contributed by atoms with Crippen LogP contribution in [0.5, 0.6) is 0 Å². The molecule has 2 aromatic heterocycles. The number of amides is 2. The summed E-state index contributed by atoms with van der Waals surface area (Å²) in [6, 6.07) is 11.2. The molecule has 0 aliphatic carbocycles. The molecule has 8 heteroatoms. The van der Waals surface area contributed by atoms with E-state index in [1.807, 2.05) is 46.7 Å². The average molecular weight is 395 g/mol. The zero-order chi connectivity index (χ0) is 19.3. The Kier molecular flexibility index (Phi) is 5.59. The van der Waals surface area contributed by atoms with Crippen molar-refractivity contribution in [3.8, 4) is 0 Å². The van der Waals surface area contributed by atoms with Crippen LogP contribution in [0, 0.1) is 0 Å². The van der Waals surface area contributed by atoms with Gasteiger partial charge in [0.25, 0.3) is 11.8 Å². The number of hydrogen-bond acceptors (Lipinski definition) is 6. The van der Waals surface area contributed by atoms with E-state index in [1.54, 1.807) is 6.20 Å². The van der Waals surface area contributed by atoms with Gasteiger partial charge in [0.05, 0.1) is 22.1 Å². The molecule has 1 aromatic carbocycles. The van der Waals surface area contributed by atoms with Gasteiger partial charge in [-0.3, -0.25) is 19.5 Å². The van der Waals surface area contributed by atoms with Crippen LogP contribution in [0.3, 0.4) is 0 Å². The SMILES string of the molecule is O=C(NCCN1CCN(C(=O)c2cnc3ccccc3n2)CC1)c1cccs1. The average Bonchev–Trinajstić information content (AvgIpc) is 3.28. The molecule has 1 N–H and O–H groups in total. The topological polar surface area (TPSA) is 78.4 Å². The van der Waals surface area contributed by atoms with Gasteiger partial charge in [0.15, 0.2) is 0 Å².